The molecule has 0 bridgehead atoms. The predicted molar refractivity (Wildman–Crippen MR) is 41.5 cm³/mol. The van der Waals surface area contributed by atoms with Crippen molar-refractivity contribution in [1.82, 2.24) is 4.57 Å². The lowest BCUT2D eigenvalue weighted by Crippen LogP contribution is -1.97. The third-order valence-corrected chi connectivity index (χ3v) is 1.37. The van der Waals surface area contributed by atoms with Gasteiger partial charge in [-0.25, -0.2) is 0 Å². The summed E-state index contributed by atoms with van der Waals surface area (Å²) >= 11 is 0. The van der Waals surface area contributed by atoms with Crippen molar-refractivity contribution >= 4 is 0 Å². The third kappa shape index (κ3) is 1.15. The van der Waals surface area contributed by atoms with Gasteiger partial charge in [0, 0.05) is 12.3 Å². The van der Waals surface area contributed by atoms with Crippen molar-refractivity contribution in [2.45, 2.75) is 6.54 Å². The normalized spacial score (nSPS) is 8.08. The van der Waals surface area contributed by atoms with Gasteiger partial charge in [0.15, 0.2) is 0 Å². The largest absolute Gasteiger partial charge is 0.326 e. The molecule has 1 radical (unpaired) electrons. The highest BCUT2D eigenvalue weighted by Gasteiger charge is 2.06. The molecule has 55 valence electrons. The summed E-state index contributed by atoms with van der Waals surface area (Å²) < 4.78 is 1.51. The molecule has 0 spiro atoms. The summed E-state index contributed by atoms with van der Waals surface area (Å²) in [6.07, 6.45) is 6.57. The summed E-state index contributed by atoms with van der Waals surface area (Å²) in [7, 11) is 0. The summed E-state index contributed by atoms with van der Waals surface area (Å²) in [6, 6.07) is 6.39. The van der Waals surface area contributed by atoms with Gasteiger partial charge < -0.3 is 4.57 Å². The van der Waals surface area contributed by atoms with E-state index in [-0.39, 0.29) is 11.3 Å². The number of nitrogens with zero attached hydrogens (tertiary/aromatic N) is 3. The van der Waals surface area contributed by atoms with Gasteiger partial charge >= 0.3 is 0 Å². The van der Waals surface area contributed by atoms with Gasteiger partial charge in [0.25, 0.3) is 0 Å². The Morgan fingerprint density at radius 3 is 2.75 bits per heavy atom. The quantitative estimate of drug-likeness (QED) is 0.558. The highest BCUT2D eigenvalue weighted by atomic mass is 15.0. The van der Waals surface area contributed by atoms with Crippen molar-refractivity contribution in [1.29, 1.82) is 10.5 Å². The van der Waals surface area contributed by atoms with Crippen molar-refractivity contribution in [2.24, 2.45) is 0 Å². The number of aromatic nitrogens is 1. The molecule has 3 heteroatoms. The van der Waals surface area contributed by atoms with Gasteiger partial charge in [-0.2, -0.15) is 10.5 Å². The van der Waals surface area contributed by atoms with E-state index < -0.39 is 0 Å². The minimum Gasteiger partial charge on any atom is -0.326 e. The summed E-state index contributed by atoms with van der Waals surface area (Å²) in [5.41, 5.74) is 0.517. The van der Waals surface area contributed by atoms with Crippen LogP contribution in [0.3, 0.4) is 0 Å². The first-order chi connectivity index (χ1) is 5.83. The highest BCUT2D eigenvalue weighted by molar-refractivity contribution is 5.41. The van der Waals surface area contributed by atoms with E-state index in [4.69, 9.17) is 16.9 Å². The molecule has 0 unspecified atom stereocenters. The molecule has 1 heterocycles. The van der Waals surface area contributed by atoms with Crippen LogP contribution in [0, 0.1) is 41.1 Å². The van der Waals surface area contributed by atoms with E-state index in [1.807, 2.05) is 12.1 Å². The Balaban J connectivity index is 3.20. The SMILES string of the molecule is C#CCn1c[c]c(C#N)c1C#N. The van der Waals surface area contributed by atoms with Crippen molar-refractivity contribution < 1.29 is 0 Å². The van der Waals surface area contributed by atoms with E-state index in [1.165, 1.54) is 10.8 Å². The van der Waals surface area contributed by atoms with Crippen LogP contribution in [0.4, 0.5) is 0 Å². The lowest BCUT2D eigenvalue weighted by atomic mass is 10.3. The number of hydrogen-bond acceptors (Lipinski definition) is 2. The van der Waals surface area contributed by atoms with Gasteiger partial charge in [-0.3, -0.25) is 0 Å². The Morgan fingerprint density at radius 1 is 1.50 bits per heavy atom. The second kappa shape index (κ2) is 3.28. The number of nitriles is 2. The van der Waals surface area contributed by atoms with Gasteiger partial charge in [-0.05, 0) is 0 Å². The summed E-state index contributed by atoms with van der Waals surface area (Å²) in [5.74, 6) is 2.38. The topological polar surface area (TPSA) is 52.5 Å². The highest BCUT2D eigenvalue weighted by Crippen LogP contribution is 2.06. The van der Waals surface area contributed by atoms with Crippen LogP contribution in [0.25, 0.3) is 0 Å². The monoisotopic (exact) mass is 154 g/mol. The van der Waals surface area contributed by atoms with Crippen LogP contribution in [-0.4, -0.2) is 4.57 Å². The molecule has 0 amide bonds. The van der Waals surface area contributed by atoms with E-state index in [0.29, 0.717) is 6.54 Å². The number of hydrogen-bond donors (Lipinski definition) is 0. The Hall–Kier alpha value is -2.18. The first-order valence-corrected chi connectivity index (χ1v) is 3.18. The fraction of sp³-hybridized carbons (Fsp3) is 0.111. The molecule has 0 saturated heterocycles. The molecule has 0 N–H and O–H groups in total. The van der Waals surface area contributed by atoms with Gasteiger partial charge in [-0.1, -0.05) is 5.92 Å². The minimum absolute atomic E-state index is 0.243. The molecular formula is C9H4N3. The molecule has 0 fully saturated rings. The van der Waals surface area contributed by atoms with Gasteiger partial charge in [0.05, 0.1) is 12.1 Å². The molecule has 3 nitrogen and oxygen atoms in total. The molecule has 1 rings (SSSR count). The molecule has 1 aromatic rings. The maximum absolute atomic E-state index is 8.64. The molecular weight excluding hydrogens is 150 g/mol. The maximum Gasteiger partial charge on any atom is 0.139 e. The van der Waals surface area contributed by atoms with Crippen LogP contribution < -0.4 is 0 Å². The minimum atomic E-state index is 0.243. The van der Waals surface area contributed by atoms with Crippen LogP contribution in [0.1, 0.15) is 11.3 Å². The number of terminal acetylenes is 1. The van der Waals surface area contributed by atoms with E-state index in [2.05, 4.69) is 12.0 Å². The first-order valence-electron chi connectivity index (χ1n) is 3.18. The van der Waals surface area contributed by atoms with Crippen LogP contribution >= 0.6 is 0 Å². The molecule has 1 aromatic heterocycles. The molecule has 0 aromatic carbocycles. The van der Waals surface area contributed by atoms with Gasteiger partial charge in [-0.15, -0.1) is 6.42 Å². The van der Waals surface area contributed by atoms with E-state index in [0.717, 1.165) is 0 Å². The average molecular weight is 154 g/mol. The smallest absolute Gasteiger partial charge is 0.139 e. The Morgan fingerprint density at radius 2 is 2.25 bits per heavy atom. The second-order valence-corrected chi connectivity index (χ2v) is 2.05. The molecule has 0 atom stereocenters. The Bertz CT molecular complexity index is 406. The van der Waals surface area contributed by atoms with Crippen molar-refractivity contribution in [3.8, 4) is 24.5 Å². The average Bonchev–Trinajstić information content (AvgIpc) is 2.47. The number of rotatable bonds is 1. The zero-order valence-corrected chi connectivity index (χ0v) is 6.20. The fourth-order valence-corrected chi connectivity index (χ4v) is 0.847. The lowest BCUT2D eigenvalue weighted by Gasteiger charge is -1.95. The summed E-state index contributed by atoms with van der Waals surface area (Å²) in [4.78, 5) is 0. The van der Waals surface area contributed by atoms with Crippen LogP contribution in [0.5, 0.6) is 0 Å². The molecule has 0 saturated carbocycles. The zero-order chi connectivity index (χ0) is 8.97. The van der Waals surface area contributed by atoms with Crippen molar-refractivity contribution in [2.75, 3.05) is 0 Å². The van der Waals surface area contributed by atoms with E-state index in [1.54, 1.807) is 0 Å². The van der Waals surface area contributed by atoms with Crippen molar-refractivity contribution in [3.05, 3.63) is 23.5 Å². The van der Waals surface area contributed by atoms with Crippen molar-refractivity contribution in [3.63, 3.8) is 0 Å². The Labute approximate surface area is 70.5 Å². The molecule has 12 heavy (non-hydrogen) atoms. The van der Waals surface area contributed by atoms with Gasteiger partial charge in [0.2, 0.25) is 0 Å². The van der Waals surface area contributed by atoms with Crippen LogP contribution in [-0.2, 0) is 6.54 Å². The van der Waals surface area contributed by atoms with Crippen LogP contribution in [0.2, 0.25) is 0 Å². The lowest BCUT2D eigenvalue weighted by molar-refractivity contribution is 0.834. The molecule has 0 aliphatic carbocycles. The second-order valence-electron chi connectivity index (χ2n) is 2.05. The summed E-state index contributed by atoms with van der Waals surface area (Å²) in [5, 5.41) is 17.2. The fourth-order valence-electron chi connectivity index (χ4n) is 0.847. The summed E-state index contributed by atoms with van der Waals surface area (Å²) in [6.45, 7) is 0.293. The van der Waals surface area contributed by atoms with Gasteiger partial charge in [0.1, 0.15) is 17.8 Å². The van der Waals surface area contributed by atoms with E-state index in [9.17, 15) is 0 Å². The Kier molecular flexibility index (Phi) is 2.17. The molecule has 0 aliphatic rings. The molecule has 0 aliphatic heterocycles. The van der Waals surface area contributed by atoms with Crippen LogP contribution in [0.15, 0.2) is 6.20 Å². The standard InChI is InChI=1S/C9H4N3/c1-2-4-12-5-3-8(6-10)9(12)7-11/h1,5H,4H2. The predicted octanol–water partition coefficient (Wildman–Crippen LogP) is 0.665. The first kappa shape index (κ1) is 7.92. The maximum atomic E-state index is 8.64. The van der Waals surface area contributed by atoms with E-state index >= 15 is 0 Å². The zero-order valence-electron chi connectivity index (χ0n) is 6.20. The third-order valence-electron chi connectivity index (χ3n) is 1.37.